The van der Waals surface area contributed by atoms with E-state index in [1.807, 2.05) is 6.92 Å². The molecule has 0 saturated heterocycles. The second kappa shape index (κ2) is 6.00. The Morgan fingerprint density at radius 1 is 1.35 bits per heavy atom. The van der Waals surface area contributed by atoms with Gasteiger partial charge in [0.25, 0.3) is 5.91 Å². The predicted molar refractivity (Wildman–Crippen MR) is 66.9 cm³/mol. The maximum absolute atomic E-state index is 11.4. The summed E-state index contributed by atoms with van der Waals surface area (Å²) in [5.74, 6) is -0.267. The van der Waals surface area contributed by atoms with E-state index in [9.17, 15) is 9.59 Å². The number of aryl methyl sites for hydroxylation is 1. The van der Waals surface area contributed by atoms with Gasteiger partial charge in [-0.15, -0.1) is 0 Å². The molecule has 0 radical (unpaired) electrons. The third-order valence-electron chi connectivity index (χ3n) is 2.36. The van der Waals surface area contributed by atoms with Gasteiger partial charge in [-0.2, -0.15) is 0 Å². The number of hydrogen-bond donors (Lipinski definition) is 3. The van der Waals surface area contributed by atoms with Crippen LogP contribution in [-0.2, 0) is 4.79 Å². The van der Waals surface area contributed by atoms with Crippen LogP contribution in [0, 0.1) is 6.92 Å². The van der Waals surface area contributed by atoms with E-state index in [-0.39, 0.29) is 18.2 Å². The number of nitrogens with two attached hydrogens (primary N) is 1. The van der Waals surface area contributed by atoms with Crippen LogP contribution in [0.1, 0.15) is 22.3 Å². The molecular formula is C12H17N3O2. The van der Waals surface area contributed by atoms with Crippen LogP contribution in [0.3, 0.4) is 0 Å². The first kappa shape index (κ1) is 13.2. The summed E-state index contributed by atoms with van der Waals surface area (Å²) >= 11 is 0. The average Bonchev–Trinajstić information content (AvgIpc) is 2.31. The fourth-order valence-corrected chi connectivity index (χ4v) is 1.43. The molecule has 1 aromatic rings. The summed E-state index contributed by atoms with van der Waals surface area (Å²) in [5.41, 5.74) is 7.41. The van der Waals surface area contributed by atoms with E-state index in [1.165, 1.54) is 0 Å². The summed E-state index contributed by atoms with van der Waals surface area (Å²) in [4.78, 5) is 22.8. The van der Waals surface area contributed by atoms with E-state index < -0.39 is 0 Å². The Morgan fingerprint density at radius 2 is 2.06 bits per heavy atom. The summed E-state index contributed by atoms with van der Waals surface area (Å²) in [6.07, 6.45) is 0.288. The van der Waals surface area contributed by atoms with Crippen molar-refractivity contribution in [1.82, 2.24) is 5.32 Å². The van der Waals surface area contributed by atoms with Gasteiger partial charge in [-0.25, -0.2) is 0 Å². The Labute approximate surface area is 100 Å². The van der Waals surface area contributed by atoms with Gasteiger partial charge in [-0.1, -0.05) is 0 Å². The zero-order valence-electron chi connectivity index (χ0n) is 10.0. The second-order valence-electron chi connectivity index (χ2n) is 3.70. The van der Waals surface area contributed by atoms with Crippen molar-refractivity contribution in [2.45, 2.75) is 13.3 Å². The van der Waals surface area contributed by atoms with Gasteiger partial charge in [0.1, 0.15) is 0 Å². The molecule has 0 aliphatic carbocycles. The first-order chi connectivity index (χ1) is 8.08. The van der Waals surface area contributed by atoms with Gasteiger partial charge in [0.15, 0.2) is 0 Å². The number of benzene rings is 1. The Morgan fingerprint density at radius 3 is 2.59 bits per heavy atom. The van der Waals surface area contributed by atoms with Crippen LogP contribution in [0.2, 0.25) is 0 Å². The van der Waals surface area contributed by atoms with Crippen LogP contribution in [0.4, 0.5) is 5.69 Å². The third kappa shape index (κ3) is 3.57. The Hall–Kier alpha value is -1.88. The van der Waals surface area contributed by atoms with Crippen molar-refractivity contribution < 1.29 is 9.59 Å². The lowest BCUT2D eigenvalue weighted by Crippen LogP contribution is -2.19. The molecule has 0 heterocycles. The van der Waals surface area contributed by atoms with Crippen LogP contribution < -0.4 is 16.4 Å². The maximum Gasteiger partial charge on any atom is 0.251 e. The first-order valence-electron chi connectivity index (χ1n) is 5.41. The fraction of sp³-hybridized carbons (Fsp3) is 0.333. The minimum Gasteiger partial charge on any atom is -0.355 e. The van der Waals surface area contributed by atoms with Crippen LogP contribution in [-0.4, -0.2) is 25.4 Å². The van der Waals surface area contributed by atoms with Crippen molar-refractivity contribution in [2.75, 3.05) is 18.9 Å². The molecular weight excluding hydrogens is 218 g/mol. The lowest BCUT2D eigenvalue weighted by molar-refractivity contribution is -0.116. The number of hydrogen-bond acceptors (Lipinski definition) is 3. The van der Waals surface area contributed by atoms with Crippen molar-refractivity contribution in [1.29, 1.82) is 0 Å². The second-order valence-corrected chi connectivity index (χ2v) is 3.70. The molecule has 0 unspecified atom stereocenters. The molecule has 92 valence electrons. The molecule has 17 heavy (non-hydrogen) atoms. The standard InChI is InChI=1S/C12H17N3O2/c1-8-7-9(12(17)14-2)3-4-10(8)15-11(16)5-6-13/h3-4,7H,5-6,13H2,1-2H3,(H,14,17)(H,15,16). The van der Waals surface area contributed by atoms with E-state index in [0.717, 1.165) is 5.56 Å². The molecule has 2 amide bonds. The van der Waals surface area contributed by atoms with E-state index >= 15 is 0 Å². The van der Waals surface area contributed by atoms with Gasteiger partial charge in [0, 0.05) is 31.3 Å². The van der Waals surface area contributed by atoms with Crippen molar-refractivity contribution in [3.63, 3.8) is 0 Å². The highest BCUT2D eigenvalue weighted by atomic mass is 16.2. The normalized spacial score (nSPS) is 9.82. The molecule has 0 aliphatic rings. The molecule has 0 atom stereocenters. The molecule has 5 heteroatoms. The zero-order chi connectivity index (χ0) is 12.8. The van der Waals surface area contributed by atoms with Crippen molar-refractivity contribution >= 4 is 17.5 Å². The topological polar surface area (TPSA) is 84.2 Å². The van der Waals surface area contributed by atoms with Crippen molar-refractivity contribution in [3.05, 3.63) is 29.3 Å². The highest BCUT2D eigenvalue weighted by molar-refractivity contribution is 5.96. The third-order valence-corrected chi connectivity index (χ3v) is 2.36. The number of amides is 2. The highest BCUT2D eigenvalue weighted by Gasteiger charge is 2.07. The number of carbonyl (C=O) groups is 2. The highest BCUT2D eigenvalue weighted by Crippen LogP contribution is 2.16. The van der Waals surface area contributed by atoms with Crippen LogP contribution in [0.15, 0.2) is 18.2 Å². The van der Waals surface area contributed by atoms with Crippen molar-refractivity contribution in [2.24, 2.45) is 5.73 Å². The summed E-state index contributed by atoms with van der Waals surface area (Å²) in [6, 6.07) is 5.12. The molecule has 0 fully saturated rings. The summed E-state index contributed by atoms with van der Waals surface area (Å²) in [7, 11) is 1.58. The minimum absolute atomic E-state index is 0.122. The monoisotopic (exact) mass is 235 g/mol. The SMILES string of the molecule is CNC(=O)c1ccc(NC(=O)CCN)c(C)c1. The molecule has 0 saturated carbocycles. The smallest absolute Gasteiger partial charge is 0.251 e. The molecule has 0 aliphatic heterocycles. The van der Waals surface area contributed by atoms with Gasteiger partial charge < -0.3 is 16.4 Å². The van der Waals surface area contributed by atoms with E-state index in [1.54, 1.807) is 25.2 Å². The van der Waals surface area contributed by atoms with Gasteiger partial charge >= 0.3 is 0 Å². The number of carbonyl (C=O) groups excluding carboxylic acids is 2. The quantitative estimate of drug-likeness (QED) is 0.716. The van der Waals surface area contributed by atoms with Gasteiger partial charge in [-0.05, 0) is 30.7 Å². The van der Waals surface area contributed by atoms with Crippen LogP contribution in [0.25, 0.3) is 0 Å². The molecule has 1 rings (SSSR count). The Kier molecular flexibility index (Phi) is 4.66. The number of anilines is 1. The Balaban J connectivity index is 2.83. The van der Waals surface area contributed by atoms with Gasteiger partial charge in [0.2, 0.25) is 5.91 Å². The van der Waals surface area contributed by atoms with Crippen molar-refractivity contribution in [3.8, 4) is 0 Å². The van der Waals surface area contributed by atoms with E-state index in [4.69, 9.17) is 5.73 Å². The molecule has 5 nitrogen and oxygen atoms in total. The summed E-state index contributed by atoms with van der Waals surface area (Å²) in [5, 5.41) is 5.29. The molecule has 0 bridgehead atoms. The minimum atomic E-state index is -0.145. The zero-order valence-corrected chi connectivity index (χ0v) is 10.0. The number of rotatable bonds is 4. The summed E-state index contributed by atoms with van der Waals surface area (Å²) < 4.78 is 0. The molecule has 0 aromatic heterocycles. The maximum atomic E-state index is 11.4. The largest absolute Gasteiger partial charge is 0.355 e. The number of nitrogens with one attached hydrogen (secondary N) is 2. The Bertz CT molecular complexity index is 430. The van der Waals surface area contributed by atoms with Gasteiger partial charge in [-0.3, -0.25) is 9.59 Å². The fourth-order valence-electron chi connectivity index (χ4n) is 1.43. The lowest BCUT2D eigenvalue weighted by Gasteiger charge is -2.09. The van der Waals surface area contributed by atoms with Crippen LogP contribution >= 0.6 is 0 Å². The average molecular weight is 235 g/mol. The summed E-state index contributed by atoms with van der Waals surface area (Å²) in [6.45, 7) is 2.16. The lowest BCUT2D eigenvalue weighted by atomic mass is 10.1. The molecule has 1 aromatic carbocycles. The first-order valence-corrected chi connectivity index (χ1v) is 5.41. The molecule has 0 spiro atoms. The van der Waals surface area contributed by atoms with E-state index in [2.05, 4.69) is 10.6 Å². The predicted octanol–water partition coefficient (Wildman–Crippen LogP) is 0.642. The van der Waals surface area contributed by atoms with Gasteiger partial charge in [0.05, 0.1) is 0 Å². The molecule has 4 N–H and O–H groups in total. The van der Waals surface area contributed by atoms with Crippen LogP contribution in [0.5, 0.6) is 0 Å². The van der Waals surface area contributed by atoms with E-state index in [0.29, 0.717) is 17.8 Å².